The molecule has 2 aromatic heterocycles. The van der Waals surface area contributed by atoms with Crippen LogP contribution in [0.15, 0.2) is 24.5 Å². The summed E-state index contributed by atoms with van der Waals surface area (Å²) in [5.41, 5.74) is 1.85. The van der Waals surface area contributed by atoms with E-state index in [0.717, 1.165) is 27.7 Å². The molecule has 0 radical (unpaired) electrons. The van der Waals surface area contributed by atoms with Crippen molar-refractivity contribution in [2.75, 3.05) is 0 Å². The Balaban J connectivity index is 1.83. The number of thiophene rings is 1. The Kier molecular flexibility index (Phi) is 3.81. The van der Waals surface area contributed by atoms with Crippen LogP contribution in [0.2, 0.25) is 0 Å². The van der Waals surface area contributed by atoms with Gasteiger partial charge < -0.3 is 5.32 Å². The molecule has 0 amide bonds. The third-order valence-electron chi connectivity index (χ3n) is 2.21. The van der Waals surface area contributed by atoms with Crippen molar-refractivity contribution in [1.82, 2.24) is 15.3 Å². The second-order valence-electron chi connectivity index (χ2n) is 3.63. The lowest BCUT2D eigenvalue weighted by molar-refractivity contribution is 0.682. The second-order valence-corrected chi connectivity index (χ2v) is 4.80. The van der Waals surface area contributed by atoms with Gasteiger partial charge in [0.05, 0.1) is 11.4 Å². The Morgan fingerprint density at radius 1 is 1.29 bits per heavy atom. The minimum absolute atomic E-state index is 0.688. The largest absolute Gasteiger partial charge is 0.306 e. The number of nitrogens with one attached hydrogen (secondary N) is 1. The van der Waals surface area contributed by atoms with Gasteiger partial charge in [-0.05, 0) is 19.1 Å². The normalized spacial score (nSPS) is 10.1. The topological polar surface area (TPSA) is 61.6 Å². The SMILES string of the molecule is Cc1cnc(CNCc2ccc(C#N)s2)cn1. The van der Waals surface area contributed by atoms with Gasteiger partial charge in [0, 0.05) is 30.4 Å². The summed E-state index contributed by atoms with van der Waals surface area (Å²) >= 11 is 1.51. The highest BCUT2D eigenvalue weighted by atomic mass is 32.1. The molecule has 0 atom stereocenters. The van der Waals surface area contributed by atoms with Gasteiger partial charge in [-0.25, -0.2) is 0 Å². The maximum absolute atomic E-state index is 8.70. The second kappa shape index (κ2) is 5.53. The molecule has 0 saturated heterocycles. The fourth-order valence-corrected chi connectivity index (χ4v) is 2.13. The van der Waals surface area contributed by atoms with E-state index >= 15 is 0 Å². The minimum atomic E-state index is 0.688. The minimum Gasteiger partial charge on any atom is -0.306 e. The van der Waals surface area contributed by atoms with Crippen LogP contribution in [0, 0.1) is 18.3 Å². The van der Waals surface area contributed by atoms with E-state index in [1.807, 2.05) is 19.1 Å². The lowest BCUT2D eigenvalue weighted by atomic mass is 10.4. The molecule has 17 heavy (non-hydrogen) atoms. The molecule has 0 bridgehead atoms. The lowest BCUT2D eigenvalue weighted by Crippen LogP contribution is -2.13. The molecule has 0 saturated carbocycles. The average Bonchev–Trinajstić information content (AvgIpc) is 2.80. The van der Waals surface area contributed by atoms with Crippen molar-refractivity contribution in [3.63, 3.8) is 0 Å². The molecule has 0 spiro atoms. The van der Waals surface area contributed by atoms with Crippen LogP contribution in [0.25, 0.3) is 0 Å². The summed E-state index contributed by atoms with van der Waals surface area (Å²) in [6.45, 7) is 3.36. The summed E-state index contributed by atoms with van der Waals surface area (Å²) in [6.07, 6.45) is 3.54. The number of rotatable bonds is 4. The van der Waals surface area contributed by atoms with Gasteiger partial charge in [-0.1, -0.05) is 0 Å². The van der Waals surface area contributed by atoms with Crippen LogP contribution in [-0.2, 0) is 13.1 Å². The van der Waals surface area contributed by atoms with E-state index in [0.29, 0.717) is 6.54 Å². The number of aromatic nitrogens is 2. The van der Waals surface area contributed by atoms with Crippen LogP contribution in [0.5, 0.6) is 0 Å². The van der Waals surface area contributed by atoms with Gasteiger partial charge in [-0.3, -0.25) is 9.97 Å². The van der Waals surface area contributed by atoms with Gasteiger partial charge in [-0.2, -0.15) is 5.26 Å². The van der Waals surface area contributed by atoms with E-state index in [4.69, 9.17) is 5.26 Å². The molecule has 86 valence electrons. The van der Waals surface area contributed by atoms with Crippen molar-refractivity contribution in [1.29, 1.82) is 5.26 Å². The molecule has 2 heterocycles. The number of hydrogen-bond donors (Lipinski definition) is 1. The number of hydrogen-bond acceptors (Lipinski definition) is 5. The number of nitriles is 1. The molecular formula is C12H12N4S. The van der Waals surface area contributed by atoms with Crippen LogP contribution in [0.3, 0.4) is 0 Å². The summed E-state index contributed by atoms with van der Waals surface area (Å²) in [6, 6.07) is 5.94. The molecule has 0 unspecified atom stereocenters. The van der Waals surface area contributed by atoms with E-state index in [-0.39, 0.29) is 0 Å². The fourth-order valence-electron chi connectivity index (χ4n) is 1.36. The van der Waals surface area contributed by atoms with Crippen molar-refractivity contribution in [2.45, 2.75) is 20.0 Å². The van der Waals surface area contributed by atoms with Gasteiger partial charge in [0.1, 0.15) is 10.9 Å². The van der Waals surface area contributed by atoms with Crippen LogP contribution in [0.1, 0.15) is 21.1 Å². The summed E-state index contributed by atoms with van der Waals surface area (Å²) in [5.74, 6) is 0. The van der Waals surface area contributed by atoms with E-state index < -0.39 is 0 Å². The molecule has 0 aliphatic carbocycles. The van der Waals surface area contributed by atoms with Crippen LogP contribution < -0.4 is 5.32 Å². The zero-order valence-corrected chi connectivity index (χ0v) is 10.3. The standard InChI is InChI=1S/C12H12N4S/c1-9-5-16-10(7-15-9)6-14-8-12-3-2-11(4-13)17-12/h2-3,5,7,14H,6,8H2,1H3. The lowest BCUT2D eigenvalue weighted by Gasteiger charge is -2.02. The first-order chi connectivity index (χ1) is 8.28. The van der Waals surface area contributed by atoms with Gasteiger partial charge in [0.25, 0.3) is 0 Å². The summed E-state index contributed by atoms with van der Waals surface area (Å²) in [7, 11) is 0. The van der Waals surface area contributed by atoms with Crippen molar-refractivity contribution < 1.29 is 0 Å². The first-order valence-electron chi connectivity index (χ1n) is 5.25. The first-order valence-corrected chi connectivity index (χ1v) is 6.06. The van der Waals surface area contributed by atoms with Crippen LogP contribution >= 0.6 is 11.3 Å². The Morgan fingerprint density at radius 3 is 2.82 bits per heavy atom. The molecule has 5 heteroatoms. The van der Waals surface area contributed by atoms with Gasteiger partial charge in [0.15, 0.2) is 0 Å². The molecule has 0 fully saturated rings. The van der Waals surface area contributed by atoms with Crippen molar-refractivity contribution >= 4 is 11.3 Å². The molecule has 0 aromatic carbocycles. The fraction of sp³-hybridized carbons (Fsp3) is 0.250. The molecule has 2 aromatic rings. The molecule has 2 rings (SSSR count). The summed E-state index contributed by atoms with van der Waals surface area (Å²) in [5, 5.41) is 12.0. The maximum Gasteiger partial charge on any atom is 0.110 e. The van der Waals surface area contributed by atoms with E-state index in [1.54, 1.807) is 12.4 Å². The zero-order valence-electron chi connectivity index (χ0n) is 9.47. The molecule has 4 nitrogen and oxygen atoms in total. The van der Waals surface area contributed by atoms with Gasteiger partial charge in [-0.15, -0.1) is 11.3 Å². The van der Waals surface area contributed by atoms with Gasteiger partial charge >= 0.3 is 0 Å². The maximum atomic E-state index is 8.70. The highest BCUT2D eigenvalue weighted by Crippen LogP contribution is 2.14. The summed E-state index contributed by atoms with van der Waals surface area (Å²) < 4.78 is 0. The smallest absolute Gasteiger partial charge is 0.110 e. The zero-order chi connectivity index (χ0) is 12.1. The number of aryl methyl sites for hydroxylation is 1. The van der Waals surface area contributed by atoms with Crippen molar-refractivity contribution in [2.24, 2.45) is 0 Å². The Hall–Kier alpha value is -1.77. The Morgan fingerprint density at radius 2 is 2.18 bits per heavy atom. The van der Waals surface area contributed by atoms with Gasteiger partial charge in [0.2, 0.25) is 0 Å². The highest BCUT2D eigenvalue weighted by molar-refractivity contribution is 7.12. The van der Waals surface area contributed by atoms with Crippen LogP contribution in [0.4, 0.5) is 0 Å². The van der Waals surface area contributed by atoms with E-state index in [9.17, 15) is 0 Å². The highest BCUT2D eigenvalue weighted by Gasteiger charge is 1.99. The predicted octanol–water partition coefficient (Wildman–Crippen LogP) is 2.01. The van der Waals surface area contributed by atoms with E-state index in [1.165, 1.54) is 11.3 Å². The molecule has 1 N–H and O–H groups in total. The molecular weight excluding hydrogens is 232 g/mol. The third kappa shape index (κ3) is 3.34. The molecule has 0 aliphatic heterocycles. The Labute approximate surface area is 104 Å². The third-order valence-corrected chi connectivity index (χ3v) is 3.20. The Bertz CT molecular complexity index is 524. The quantitative estimate of drug-likeness (QED) is 0.893. The van der Waals surface area contributed by atoms with Crippen molar-refractivity contribution in [3.05, 3.63) is 45.7 Å². The number of nitrogens with zero attached hydrogens (tertiary/aromatic N) is 3. The average molecular weight is 244 g/mol. The monoisotopic (exact) mass is 244 g/mol. The molecule has 0 aliphatic rings. The van der Waals surface area contributed by atoms with Crippen LogP contribution in [-0.4, -0.2) is 9.97 Å². The van der Waals surface area contributed by atoms with Crippen molar-refractivity contribution in [3.8, 4) is 6.07 Å². The first kappa shape index (κ1) is 11.7. The predicted molar refractivity (Wildman–Crippen MR) is 66.3 cm³/mol. The summed E-state index contributed by atoms with van der Waals surface area (Å²) in [4.78, 5) is 10.3. The van der Waals surface area contributed by atoms with E-state index in [2.05, 4.69) is 21.4 Å².